The largest absolute Gasteiger partial charge is 0.465 e. The molecule has 6 heteroatoms. The van der Waals surface area contributed by atoms with Crippen molar-refractivity contribution in [2.75, 3.05) is 31.8 Å². The highest BCUT2D eigenvalue weighted by Gasteiger charge is 2.26. The number of nitrogens with two attached hydrogens (primary N) is 1. The van der Waals surface area contributed by atoms with Crippen LogP contribution in [0.2, 0.25) is 0 Å². The molecule has 0 bridgehead atoms. The van der Waals surface area contributed by atoms with E-state index >= 15 is 0 Å². The molecule has 0 saturated carbocycles. The Hall–Kier alpha value is -2.24. The lowest BCUT2D eigenvalue weighted by molar-refractivity contribution is -0.128. The second kappa shape index (κ2) is 6.27. The number of rotatable bonds is 5. The number of nitrogen functional groups attached to an aromatic ring is 1. The van der Waals surface area contributed by atoms with Crippen LogP contribution in [-0.2, 0) is 9.53 Å². The lowest BCUT2D eigenvalue weighted by Gasteiger charge is -2.24. The minimum absolute atomic E-state index is 0.0604. The summed E-state index contributed by atoms with van der Waals surface area (Å²) in [6.07, 6.45) is 0. The van der Waals surface area contributed by atoms with Crippen molar-refractivity contribution in [3.8, 4) is 0 Å². The Bertz CT molecular complexity index is 512. The van der Waals surface area contributed by atoms with Gasteiger partial charge in [0.05, 0.1) is 29.5 Å². The van der Waals surface area contributed by atoms with Crippen LogP contribution in [0.25, 0.3) is 0 Å². The van der Waals surface area contributed by atoms with Gasteiger partial charge in [0.1, 0.15) is 0 Å². The number of esters is 1. The van der Waals surface area contributed by atoms with Crippen molar-refractivity contribution >= 4 is 23.3 Å². The third-order valence-electron chi connectivity index (χ3n) is 3.04. The lowest BCUT2D eigenvalue weighted by Crippen LogP contribution is -2.39. The fraction of sp³-hybridized carbons (Fsp3) is 0.429. The number of amides is 1. The SMILES string of the molecule is CNC(=O)C(C)(C)CNc1ccc(C(=O)OC)cc1N. The molecule has 1 aromatic rings. The van der Waals surface area contributed by atoms with Crippen LogP contribution >= 0.6 is 0 Å². The molecule has 0 aliphatic rings. The number of nitrogens with one attached hydrogen (secondary N) is 2. The predicted octanol–water partition coefficient (Wildman–Crippen LogP) is 1.24. The Balaban J connectivity index is 2.80. The van der Waals surface area contributed by atoms with Crippen LogP contribution in [0.4, 0.5) is 11.4 Å². The Kier molecular flexibility index (Phi) is 4.96. The Morgan fingerprint density at radius 2 is 2.00 bits per heavy atom. The van der Waals surface area contributed by atoms with Gasteiger partial charge >= 0.3 is 5.97 Å². The van der Waals surface area contributed by atoms with Gasteiger partial charge < -0.3 is 21.1 Å². The Morgan fingerprint density at radius 1 is 1.35 bits per heavy atom. The number of carbonyl (C=O) groups excluding carboxylic acids is 2. The van der Waals surface area contributed by atoms with E-state index in [-0.39, 0.29) is 5.91 Å². The molecule has 0 fully saturated rings. The van der Waals surface area contributed by atoms with Gasteiger partial charge in [0.25, 0.3) is 0 Å². The number of benzene rings is 1. The minimum atomic E-state index is -0.567. The van der Waals surface area contributed by atoms with E-state index in [9.17, 15) is 9.59 Å². The topological polar surface area (TPSA) is 93.5 Å². The highest BCUT2D eigenvalue weighted by molar-refractivity contribution is 5.92. The Labute approximate surface area is 118 Å². The van der Waals surface area contributed by atoms with Crippen molar-refractivity contribution < 1.29 is 14.3 Å². The predicted molar refractivity (Wildman–Crippen MR) is 78.5 cm³/mol. The van der Waals surface area contributed by atoms with Gasteiger partial charge in [-0.1, -0.05) is 0 Å². The third-order valence-corrected chi connectivity index (χ3v) is 3.04. The molecule has 0 spiro atoms. The van der Waals surface area contributed by atoms with Gasteiger partial charge in [-0.3, -0.25) is 4.79 Å². The molecule has 0 aliphatic carbocycles. The zero-order chi connectivity index (χ0) is 15.3. The molecule has 0 radical (unpaired) electrons. The van der Waals surface area contributed by atoms with E-state index in [2.05, 4.69) is 15.4 Å². The van der Waals surface area contributed by atoms with Crippen molar-refractivity contribution in [2.45, 2.75) is 13.8 Å². The number of carbonyl (C=O) groups is 2. The summed E-state index contributed by atoms with van der Waals surface area (Å²) in [5, 5.41) is 5.73. The van der Waals surface area contributed by atoms with Gasteiger partial charge in [0, 0.05) is 13.6 Å². The maximum absolute atomic E-state index is 11.7. The Morgan fingerprint density at radius 3 is 2.50 bits per heavy atom. The number of hydrogen-bond acceptors (Lipinski definition) is 5. The highest BCUT2D eigenvalue weighted by atomic mass is 16.5. The zero-order valence-corrected chi connectivity index (χ0v) is 12.2. The molecule has 6 nitrogen and oxygen atoms in total. The van der Waals surface area contributed by atoms with Crippen LogP contribution < -0.4 is 16.4 Å². The van der Waals surface area contributed by atoms with E-state index in [4.69, 9.17) is 5.73 Å². The molecule has 1 aromatic carbocycles. The van der Waals surface area contributed by atoms with E-state index in [1.165, 1.54) is 7.11 Å². The molecule has 1 amide bonds. The normalized spacial score (nSPS) is 10.8. The summed E-state index contributed by atoms with van der Waals surface area (Å²) in [6.45, 7) is 4.09. The first-order valence-corrected chi connectivity index (χ1v) is 6.25. The summed E-state index contributed by atoms with van der Waals surface area (Å²) in [5.41, 5.74) is 6.81. The van der Waals surface area contributed by atoms with Crippen molar-refractivity contribution in [1.29, 1.82) is 0 Å². The zero-order valence-electron chi connectivity index (χ0n) is 12.2. The molecule has 4 N–H and O–H groups in total. The van der Waals surface area contributed by atoms with Gasteiger partial charge in [-0.2, -0.15) is 0 Å². The van der Waals surface area contributed by atoms with E-state index in [1.807, 2.05) is 13.8 Å². The van der Waals surface area contributed by atoms with Gasteiger partial charge in [0.2, 0.25) is 5.91 Å². The van der Waals surface area contributed by atoms with Gasteiger partial charge in [-0.15, -0.1) is 0 Å². The molecule has 0 unspecified atom stereocenters. The number of ether oxygens (including phenoxy) is 1. The monoisotopic (exact) mass is 279 g/mol. The van der Waals surface area contributed by atoms with Gasteiger partial charge in [-0.05, 0) is 32.0 Å². The summed E-state index contributed by atoms with van der Waals surface area (Å²) >= 11 is 0. The van der Waals surface area contributed by atoms with Crippen molar-refractivity contribution in [3.05, 3.63) is 23.8 Å². The van der Waals surface area contributed by atoms with Crippen LogP contribution in [0.1, 0.15) is 24.2 Å². The van der Waals surface area contributed by atoms with Crippen LogP contribution in [0.15, 0.2) is 18.2 Å². The second-order valence-electron chi connectivity index (χ2n) is 5.11. The third kappa shape index (κ3) is 3.63. The first kappa shape index (κ1) is 15.8. The molecule has 110 valence electrons. The average molecular weight is 279 g/mol. The number of methoxy groups -OCH3 is 1. The molecule has 0 heterocycles. The van der Waals surface area contributed by atoms with Gasteiger partial charge in [0.15, 0.2) is 0 Å². The summed E-state index contributed by atoms with van der Waals surface area (Å²) in [4.78, 5) is 23.0. The minimum Gasteiger partial charge on any atom is -0.465 e. The molecule has 20 heavy (non-hydrogen) atoms. The fourth-order valence-electron chi connectivity index (χ4n) is 1.70. The number of anilines is 2. The first-order valence-electron chi connectivity index (χ1n) is 6.25. The van der Waals surface area contributed by atoms with Crippen molar-refractivity contribution in [2.24, 2.45) is 5.41 Å². The lowest BCUT2D eigenvalue weighted by atomic mass is 9.92. The summed E-state index contributed by atoms with van der Waals surface area (Å²) in [5.74, 6) is -0.497. The van der Waals surface area contributed by atoms with Crippen molar-refractivity contribution in [1.82, 2.24) is 5.32 Å². The molecule has 0 aromatic heterocycles. The quantitative estimate of drug-likeness (QED) is 0.557. The molecule has 0 saturated heterocycles. The van der Waals surface area contributed by atoms with E-state index in [0.717, 1.165) is 0 Å². The van der Waals surface area contributed by atoms with Crippen LogP contribution in [0.5, 0.6) is 0 Å². The van der Waals surface area contributed by atoms with E-state index < -0.39 is 11.4 Å². The molecular formula is C14H21N3O3. The van der Waals surface area contributed by atoms with E-state index in [1.54, 1.807) is 25.2 Å². The average Bonchev–Trinajstić information content (AvgIpc) is 2.43. The first-order chi connectivity index (χ1) is 9.31. The molecule has 0 aliphatic heterocycles. The number of hydrogen-bond donors (Lipinski definition) is 3. The molecule has 1 rings (SSSR count). The maximum Gasteiger partial charge on any atom is 0.337 e. The van der Waals surface area contributed by atoms with Crippen LogP contribution in [0.3, 0.4) is 0 Å². The highest BCUT2D eigenvalue weighted by Crippen LogP contribution is 2.23. The summed E-state index contributed by atoms with van der Waals surface area (Å²) in [6, 6.07) is 4.86. The molecule has 0 atom stereocenters. The maximum atomic E-state index is 11.7. The molecular weight excluding hydrogens is 258 g/mol. The smallest absolute Gasteiger partial charge is 0.337 e. The summed E-state index contributed by atoms with van der Waals surface area (Å²) in [7, 11) is 2.92. The summed E-state index contributed by atoms with van der Waals surface area (Å²) < 4.78 is 4.62. The van der Waals surface area contributed by atoms with Crippen LogP contribution in [-0.4, -0.2) is 32.6 Å². The van der Waals surface area contributed by atoms with Crippen LogP contribution in [0, 0.1) is 5.41 Å². The second-order valence-corrected chi connectivity index (χ2v) is 5.11. The van der Waals surface area contributed by atoms with E-state index in [0.29, 0.717) is 23.5 Å². The van der Waals surface area contributed by atoms with Gasteiger partial charge in [-0.25, -0.2) is 4.79 Å². The van der Waals surface area contributed by atoms with Crippen molar-refractivity contribution in [3.63, 3.8) is 0 Å². The standard InChI is InChI=1S/C14H21N3O3/c1-14(2,13(19)16-3)8-17-11-6-5-9(7-10(11)15)12(18)20-4/h5-7,17H,8,15H2,1-4H3,(H,16,19). The fourth-order valence-corrected chi connectivity index (χ4v) is 1.70.